The van der Waals surface area contributed by atoms with Gasteiger partial charge < -0.3 is 14.6 Å². The lowest BCUT2D eigenvalue weighted by atomic mass is 9.70. The van der Waals surface area contributed by atoms with Gasteiger partial charge in [0.1, 0.15) is 0 Å². The normalized spacial score (nSPS) is 24.5. The molecule has 0 heterocycles. The number of carbonyl (C=O) groups excluding carboxylic acids is 1. The third kappa shape index (κ3) is 1.87. The second kappa shape index (κ2) is 4.85. The van der Waals surface area contributed by atoms with Crippen LogP contribution in [-0.4, -0.2) is 25.1 Å². The minimum atomic E-state index is 0.00354. The van der Waals surface area contributed by atoms with Gasteiger partial charge in [0.15, 0.2) is 23.0 Å². The Labute approximate surface area is 118 Å². The molecule has 2 aliphatic carbocycles. The van der Waals surface area contributed by atoms with Crippen molar-refractivity contribution >= 4 is 5.78 Å². The molecule has 0 saturated heterocycles. The van der Waals surface area contributed by atoms with Crippen molar-refractivity contribution in [1.29, 1.82) is 0 Å². The molecule has 4 heteroatoms. The summed E-state index contributed by atoms with van der Waals surface area (Å²) in [5.74, 6) is 1.38. The first kappa shape index (κ1) is 13.0. The highest BCUT2D eigenvalue weighted by Gasteiger charge is 2.37. The Morgan fingerprint density at radius 3 is 2.75 bits per heavy atom. The summed E-state index contributed by atoms with van der Waals surface area (Å²) in [7, 11) is 3.07. The molecule has 2 aliphatic rings. The van der Waals surface area contributed by atoms with E-state index in [0.29, 0.717) is 17.9 Å². The number of ether oxygens (including phenoxy) is 2. The summed E-state index contributed by atoms with van der Waals surface area (Å²) < 4.78 is 10.3. The van der Waals surface area contributed by atoms with Crippen LogP contribution in [0.4, 0.5) is 0 Å². The van der Waals surface area contributed by atoms with Gasteiger partial charge in [0.2, 0.25) is 0 Å². The first-order chi connectivity index (χ1) is 9.65. The number of ketones is 1. The highest BCUT2D eigenvalue weighted by Crippen LogP contribution is 2.48. The largest absolute Gasteiger partial charge is 0.504 e. The molecule has 2 atom stereocenters. The second-order valence-corrected chi connectivity index (χ2v) is 5.36. The van der Waals surface area contributed by atoms with Gasteiger partial charge in [-0.3, -0.25) is 4.79 Å². The van der Waals surface area contributed by atoms with Gasteiger partial charge in [-0.25, -0.2) is 0 Å². The Bertz CT molecular complexity index is 588. The molecule has 2 unspecified atom stereocenters. The second-order valence-electron chi connectivity index (χ2n) is 5.36. The smallest absolute Gasteiger partial charge is 0.197 e. The van der Waals surface area contributed by atoms with E-state index in [9.17, 15) is 9.90 Å². The monoisotopic (exact) mass is 274 g/mol. The van der Waals surface area contributed by atoms with E-state index < -0.39 is 0 Å². The fourth-order valence-electron chi connectivity index (χ4n) is 3.39. The molecular weight excluding hydrogens is 256 g/mol. The van der Waals surface area contributed by atoms with Gasteiger partial charge in [0, 0.05) is 17.9 Å². The molecule has 0 spiro atoms. The van der Waals surface area contributed by atoms with Gasteiger partial charge in [-0.2, -0.15) is 0 Å². The number of Topliss-reactive ketones (excluding diaryl/α,β-unsaturated/α-hetero) is 1. The molecular formula is C16H18O4. The lowest BCUT2D eigenvalue weighted by Crippen LogP contribution is -2.27. The molecule has 20 heavy (non-hydrogen) atoms. The Balaban J connectivity index is 2.08. The number of benzene rings is 1. The molecule has 106 valence electrons. The van der Waals surface area contributed by atoms with Crippen LogP contribution in [-0.2, 0) is 16.0 Å². The summed E-state index contributed by atoms with van der Waals surface area (Å²) in [5.41, 5.74) is 1.99. The quantitative estimate of drug-likeness (QED) is 0.900. The summed E-state index contributed by atoms with van der Waals surface area (Å²) in [6, 6.07) is 3.78. The average Bonchev–Trinajstić information content (AvgIpc) is 2.46. The maximum atomic E-state index is 12.0. The van der Waals surface area contributed by atoms with E-state index in [-0.39, 0.29) is 23.4 Å². The Morgan fingerprint density at radius 2 is 2.05 bits per heavy atom. The van der Waals surface area contributed by atoms with Crippen molar-refractivity contribution in [2.24, 2.45) is 5.92 Å². The van der Waals surface area contributed by atoms with Crippen molar-refractivity contribution in [3.63, 3.8) is 0 Å². The number of methoxy groups -OCH3 is 2. The molecule has 1 aromatic rings. The van der Waals surface area contributed by atoms with E-state index in [1.165, 1.54) is 14.2 Å². The predicted molar refractivity (Wildman–Crippen MR) is 73.9 cm³/mol. The minimum Gasteiger partial charge on any atom is -0.504 e. The highest BCUT2D eigenvalue weighted by atomic mass is 16.5. The highest BCUT2D eigenvalue weighted by molar-refractivity contribution is 5.95. The van der Waals surface area contributed by atoms with Crippen LogP contribution >= 0.6 is 0 Å². The van der Waals surface area contributed by atoms with Crippen LogP contribution in [0.15, 0.2) is 24.0 Å². The van der Waals surface area contributed by atoms with Crippen LogP contribution in [0, 0.1) is 5.92 Å². The van der Waals surface area contributed by atoms with Crippen LogP contribution in [0.3, 0.4) is 0 Å². The Morgan fingerprint density at radius 1 is 1.25 bits per heavy atom. The third-order valence-corrected chi connectivity index (χ3v) is 4.39. The molecule has 0 saturated carbocycles. The molecule has 4 nitrogen and oxygen atoms in total. The zero-order valence-corrected chi connectivity index (χ0v) is 11.7. The topological polar surface area (TPSA) is 55.8 Å². The molecule has 3 rings (SSSR count). The lowest BCUT2D eigenvalue weighted by Gasteiger charge is -2.35. The zero-order chi connectivity index (χ0) is 14.3. The Kier molecular flexibility index (Phi) is 3.16. The van der Waals surface area contributed by atoms with Crippen LogP contribution in [0.1, 0.15) is 29.9 Å². The summed E-state index contributed by atoms with van der Waals surface area (Å²) in [6.45, 7) is 0. The SMILES string of the molecule is COC1=CC2CCc3ccc(OC)c(O)c3C2CC1=O. The predicted octanol–water partition coefficient (Wildman–Crippen LogP) is 2.55. The number of aryl methyl sites for hydroxylation is 1. The molecule has 0 amide bonds. The zero-order valence-electron chi connectivity index (χ0n) is 11.7. The summed E-state index contributed by atoms with van der Waals surface area (Å²) in [6.07, 6.45) is 4.18. The molecule has 0 aromatic heterocycles. The number of carbonyl (C=O) groups is 1. The number of rotatable bonds is 2. The van der Waals surface area contributed by atoms with Crippen LogP contribution < -0.4 is 4.74 Å². The number of phenols is 1. The maximum Gasteiger partial charge on any atom is 0.197 e. The number of aromatic hydroxyl groups is 1. The fourth-order valence-corrected chi connectivity index (χ4v) is 3.39. The van der Waals surface area contributed by atoms with Crippen molar-refractivity contribution < 1.29 is 19.4 Å². The molecule has 0 aliphatic heterocycles. The van der Waals surface area contributed by atoms with Gasteiger partial charge in [0.05, 0.1) is 14.2 Å². The van der Waals surface area contributed by atoms with Crippen molar-refractivity contribution in [2.75, 3.05) is 14.2 Å². The van der Waals surface area contributed by atoms with Crippen molar-refractivity contribution in [1.82, 2.24) is 0 Å². The summed E-state index contributed by atoms with van der Waals surface area (Å²) in [4.78, 5) is 12.0. The molecule has 1 N–H and O–H groups in total. The summed E-state index contributed by atoms with van der Waals surface area (Å²) >= 11 is 0. The molecule has 0 fully saturated rings. The van der Waals surface area contributed by atoms with E-state index in [2.05, 4.69) is 0 Å². The van der Waals surface area contributed by atoms with Crippen molar-refractivity contribution in [3.8, 4) is 11.5 Å². The molecule has 0 bridgehead atoms. The minimum absolute atomic E-state index is 0.00354. The van der Waals surface area contributed by atoms with Gasteiger partial charge in [0.25, 0.3) is 0 Å². The van der Waals surface area contributed by atoms with Gasteiger partial charge >= 0.3 is 0 Å². The van der Waals surface area contributed by atoms with Crippen molar-refractivity contribution in [2.45, 2.75) is 25.2 Å². The maximum absolute atomic E-state index is 12.0. The Hall–Kier alpha value is -1.97. The molecule has 0 radical (unpaired) electrons. The summed E-state index contributed by atoms with van der Waals surface area (Å²) in [5, 5.41) is 10.4. The van der Waals surface area contributed by atoms with E-state index in [1.54, 1.807) is 6.07 Å². The lowest BCUT2D eigenvalue weighted by molar-refractivity contribution is -0.119. The number of allylic oxidation sites excluding steroid dienone is 2. The number of phenolic OH excluding ortho intramolecular Hbond substituents is 1. The van der Waals surface area contributed by atoms with Gasteiger partial charge in [-0.15, -0.1) is 0 Å². The van der Waals surface area contributed by atoms with E-state index in [1.807, 2.05) is 12.1 Å². The first-order valence-corrected chi connectivity index (χ1v) is 6.83. The van der Waals surface area contributed by atoms with Crippen LogP contribution in [0.5, 0.6) is 11.5 Å². The van der Waals surface area contributed by atoms with Crippen LogP contribution in [0.2, 0.25) is 0 Å². The number of hydrogen-bond donors (Lipinski definition) is 1. The number of hydrogen-bond acceptors (Lipinski definition) is 4. The van der Waals surface area contributed by atoms with Crippen LogP contribution in [0.25, 0.3) is 0 Å². The van der Waals surface area contributed by atoms with E-state index >= 15 is 0 Å². The third-order valence-electron chi connectivity index (χ3n) is 4.39. The average molecular weight is 274 g/mol. The molecule has 1 aromatic carbocycles. The van der Waals surface area contributed by atoms with Crippen molar-refractivity contribution in [3.05, 3.63) is 35.1 Å². The first-order valence-electron chi connectivity index (χ1n) is 6.83. The van der Waals surface area contributed by atoms with E-state index in [0.717, 1.165) is 24.0 Å². The standard InChI is InChI=1S/C16H18O4/c1-19-13-6-5-9-3-4-10-7-14(20-2)12(17)8-11(10)15(9)16(13)18/h5-7,10-11,18H,3-4,8H2,1-2H3. The van der Waals surface area contributed by atoms with E-state index in [4.69, 9.17) is 9.47 Å². The van der Waals surface area contributed by atoms with Gasteiger partial charge in [-0.05, 0) is 36.5 Å². The van der Waals surface area contributed by atoms with Gasteiger partial charge in [-0.1, -0.05) is 6.07 Å². The number of fused-ring (bicyclic) bond motifs is 3. The fraction of sp³-hybridized carbons (Fsp3) is 0.438.